The minimum absolute atomic E-state index is 0.0184. The van der Waals surface area contributed by atoms with E-state index in [9.17, 15) is 9.59 Å². The van der Waals surface area contributed by atoms with Crippen LogP contribution in [0, 0.1) is 5.92 Å². The number of likely N-dealkylation sites (tertiary alicyclic amines) is 1. The summed E-state index contributed by atoms with van der Waals surface area (Å²) in [7, 11) is 0. The highest BCUT2D eigenvalue weighted by Gasteiger charge is 2.25. The molecule has 5 heteroatoms. The number of amides is 1. The second kappa shape index (κ2) is 8.05. The molecule has 1 amide bonds. The highest BCUT2D eigenvalue weighted by molar-refractivity contribution is 6.07. The zero-order chi connectivity index (χ0) is 20.5. The van der Waals surface area contributed by atoms with Crippen molar-refractivity contribution in [3.63, 3.8) is 0 Å². The number of fused-ring (bicyclic) bond motifs is 2. The molecule has 154 valence electrons. The molecule has 0 radical (unpaired) electrons. The topological polar surface area (TPSA) is 55.2 Å². The summed E-state index contributed by atoms with van der Waals surface area (Å²) in [5, 5.41) is 6.77. The molecule has 2 aromatic carbocycles. The smallest absolute Gasteiger partial charge is 0.267 e. The van der Waals surface area contributed by atoms with Gasteiger partial charge >= 0.3 is 0 Å². The number of carbonyl (C=O) groups excluding carboxylic acids is 1. The van der Waals surface area contributed by atoms with Crippen molar-refractivity contribution < 1.29 is 4.79 Å². The van der Waals surface area contributed by atoms with Crippen LogP contribution in [0.1, 0.15) is 47.3 Å². The number of piperidine rings is 1. The van der Waals surface area contributed by atoms with Crippen molar-refractivity contribution in [2.24, 2.45) is 5.92 Å². The lowest BCUT2D eigenvalue weighted by molar-refractivity contribution is 0.0682. The highest BCUT2D eigenvalue weighted by Crippen LogP contribution is 2.24. The maximum Gasteiger partial charge on any atom is 0.267 e. The zero-order valence-electron chi connectivity index (χ0n) is 17.2. The van der Waals surface area contributed by atoms with Crippen LogP contribution in [-0.4, -0.2) is 33.7 Å². The summed E-state index contributed by atoms with van der Waals surface area (Å²) in [5.74, 6) is 0.489. The SMILES string of the molecule is O=C(c1cccc2ccccc12)N1CCC(Cn2nc3c(cc2=O)CCCC3)CC1. The third-order valence-corrected chi connectivity index (χ3v) is 6.63. The third kappa shape index (κ3) is 3.64. The summed E-state index contributed by atoms with van der Waals surface area (Å²) in [6.07, 6.45) is 6.08. The van der Waals surface area contributed by atoms with E-state index in [2.05, 4.69) is 5.10 Å². The number of carbonyl (C=O) groups is 1. The van der Waals surface area contributed by atoms with E-state index in [0.29, 0.717) is 12.5 Å². The predicted molar refractivity (Wildman–Crippen MR) is 118 cm³/mol. The van der Waals surface area contributed by atoms with E-state index in [4.69, 9.17) is 0 Å². The molecule has 2 heterocycles. The summed E-state index contributed by atoms with van der Waals surface area (Å²) in [6.45, 7) is 2.11. The monoisotopic (exact) mass is 401 g/mol. The Bertz CT molecular complexity index is 1140. The standard InChI is InChI=1S/C25H27N3O2/c29-24-16-20-7-2-4-11-23(20)26-28(24)17-18-12-14-27(15-13-18)25(30)22-10-5-8-19-6-1-3-9-21(19)22/h1,3,5-6,8-10,16,18H,2,4,7,11-15,17H2. The Morgan fingerprint density at radius 1 is 1.00 bits per heavy atom. The van der Waals surface area contributed by atoms with Crippen molar-refractivity contribution in [3.8, 4) is 0 Å². The normalized spacial score (nSPS) is 17.1. The van der Waals surface area contributed by atoms with Gasteiger partial charge in [0.1, 0.15) is 0 Å². The Hall–Kier alpha value is -2.95. The molecule has 5 rings (SSSR count). The van der Waals surface area contributed by atoms with Crippen molar-refractivity contribution in [2.75, 3.05) is 13.1 Å². The number of aromatic nitrogens is 2. The molecule has 0 atom stereocenters. The van der Waals surface area contributed by atoms with Crippen LogP contribution in [0.15, 0.2) is 53.3 Å². The van der Waals surface area contributed by atoms with Crippen LogP contribution in [0.2, 0.25) is 0 Å². The molecule has 1 aliphatic carbocycles. The molecule has 5 nitrogen and oxygen atoms in total. The van der Waals surface area contributed by atoms with E-state index in [1.807, 2.05) is 47.4 Å². The number of rotatable bonds is 3. The van der Waals surface area contributed by atoms with E-state index in [1.165, 1.54) is 0 Å². The van der Waals surface area contributed by atoms with Gasteiger partial charge in [0.2, 0.25) is 0 Å². The second-order valence-electron chi connectivity index (χ2n) is 8.61. The first-order valence-corrected chi connectivity index (χ1v) is 11.1. The number of hydrogen-bond donors (Lipinski definition) is 0. The lowest BCUT2D eigenvalue weighted by Crippen LogP contribution is -2.40. The third-order valence-electron chi connectivity index (χ3n) is 6.63. The van der Waals surface area contributed by atoms with Gasteiger partial charge in [0.15, 0.2) is 0 Å². The van der Waals surface area contributed by atoms with Crippen LogP contribution in [0.5, 0.6) is 0 Å². The number of benzene rings is 2. The molecule has 0 spiro atoms. The zero-order valence-corrected chi connectivity index (χ0v) is 17.2. The maximum atomic E-state index is 13.2. The molecule has 3 aromatic rings. The Morgan fingerprint density at radius 2 is 1.77 bits per heavy atom. The Kier molecular flexibility index (Phi) is 5.11. The quantitative estimate of drug-likeness (QED) is 0.670. The molecule has 1 aromatic heterocycles. The molecule has 0 bridgehead atoms. The van der Waals surface area contributed by atoms with Crippen LogP contribution >= 0.6 is 0 Å². The molecule has 0 unspecified atom stereocenters. The summed E-state index contributed by atoms with van der Waals surface area (Å²) in [4.78, 5) is 27.6. The minimum atomic E-state index is 0.0184. The van der Waals surface area contributed by atoms with Crippen LogP contribution in [0.25, 0.3) is 10.8 Å². The highest BCUT2D eigenvalue weighted by atomic mass is 16.2. The molecule has 2 aliphatic rings. The molecule has 0 N–H and O–H groups in total. The summed E-state index contributed by atoms with van der Waals surface area (Å²) in [6, 6.07) is 15.8. The van der Waals surface area contributed by atoms with Crippen molar-refractivity contribution in [1.82, 2.24) is 14.7 Å². The van der Waals surface area contributed by atoms with Gasteiger partial charge in [0, 0.05) is 31.3 Å². The Labute approximate surface area is 176 Å². The lowest BCUT2D eigenvalue weighted by Gasteiger charge is -2.32. The summed E-state index contributed by atoms with van der Waals surface area (Å²) >= 11 is 0. The van der Waals surface area contributed by atoms with Crippen LogP contribution in [0.3, 0.4) is 0 Å². The average molecular weight is 402 g/mol. The molecule has 1 saturated heterocycles. The average Bonchev–Trinajstić information content (AvgIpc) is 2.79. The van der Waals surface area contributed by atoms with Gasteiger partial charge in [-0.15, -0.1) is 0 Å². The van der Waals surface area contributed by atoms with Gasteiger partial charge in [0.25, 0.3) is 11.5 Å². The van der Waals surface area contributed by atoms with Crippen molar-refractivity contribution >= 4 is 16.7 Å². The van der Waals surface area contributed by atoms with Crippen molar-refractivity contribution in [3.05, 3.63) is 75.7 Å². The number of hydrogen-bond acceptors (Lipinski definition) is 3. The first kappa shape index (κ1) is 19.0. The molecule has 30 heavy (non-hydrogen) atoms. The molecular formula is C25H27N3O2. The van der Waals surface area contributed by atoms with E-state index in [0.717, 1.165) is 79.2 Å². The number of aryl methyl sites for hydroxylation is 2. The van der Waals surface area contributed by atoms with Crippen LogP contribution in [-0.2, 0) is 19.4 Å². The van der Waals surface area contributed by atoms with Crippen LogP contribution < -0.4 is 5.56 Å². The van der Waals surface area contributed by atoms with E-state index < -0.39 is 0 Å². The molecule has 0 saturated carbocycles. The minimum Gasteiger partial charge on any atom is -0.339 e. The molecular weight excluding hydrogens is 374 g/mol. The fourth-order valence-electron chi connectivity index (χ4n) is 4.88. The molecule has 1 aliphatic heterocycles. The van der Waals surface area contributed by atoms with Gasteiger partial charge in [0.05, 0.1) is 5.69 Å². The second-order valence-corrected chi connectivity index (χ2v) is 8.61. The Balaban J connectivity index is 1.27. The summed E-state index contributed by atoms with van der Waals surface area (Å²) < 4.78 is 1.66. The van der Waals surface area contributed by atoms with E-state index >= 15 is 0 Å². The van der Waals surface area contributed by atoms with Crippen molar-refractivity contribution in [1.29, 1.82) is 0 Å². The van der Waals surface area contributed by atoms with Crippen molar-refractivity contribution in [2.45, 2.75) is 45.1 Å². The lowest BCUT2D eigenvalue weighted by atomic mass is 9.95. The number of nitrogens with zero attached hydrogens (tertiary/aromatic N) is 3. The van der Waals surface area contributed by atoms with Gasteiger partial charge < -0.3 is 4.90 Å². The summed E-state index contributed by atoms with van der Waals surface area (Å²) in [5.41, 5.74) is 3.03. The molecule has 1 fully saturated rings. The van der Waals surface area contributed by atoms with Crippen LogP contribution in [0.4, 0.5) is 0 Å². The van der Waals surface area contributed by atoms with Gasteiger partial charge in [-0.3, -0.25) is 9.59 Å². The van der Waals surface area contributed by atoms with E-state index in [-0.39, 0.29) is 11.5 Å². The largest absolute Gasteiger partial charge is 0.339 e. The van der Waals surface area contributed by atoms with Gasteiger partial charge in [-0.2, -0.15) is 5.10 Å². The van der Waals surface area contributed by atoms with Gasteiger partial charge in [-0.05, 0) is 66.8 Å². The fourth-order valence-corrected chi connectivity index (χ4v) is 4.88. The van der Waals surface area contributed by atoms with Gasteiger partial charge in [-0.1, -0.05) is 36.4 Å². The predicted octanol–water partition coefficient (Wildman–Crippen LogP) is 3.83. The fraction of sp³-hybridized carbons (Fsp3) is 0.400. The maximum absolute atomic E-state index is 13.2. The van der Waals surface area contributed by atoms with E-state index in [1.54, 1.807) is 10.7 Å². The van der Waals surface area contributed by atoms with Gasteiger partial charge in [-0.25, -0.2) is 4.68 Å². The first-order chi connectivity index (χ1) is 14.7. The Morgan fingerprint density at radius 3 is 2.63 bits per heavy atom. The first-order valence-electron chi connectivity index (χ1n) is 11.1.